The summed E-state index contributed by atoms with van der Waals surface area (Å²) in [5.41, 5.74) is 0.994. The summed E-state index contributed by atoms with van der Waals surface area (Å²) >= 11 is 0. The first-order valence-corrected chi connectivity index (χ1v) is 7.15. The molecule has 0 radical (unpaired) electrons. The fourth-order valence-electron chi connectivity index (χ4n) is 3.95. The molecule has 1 aliphatic carbocycles. The zero-order chi connectivity index (χ0) is 13.3. The van der Waals surface area contributed by atoms with Crippen molar-refractivity contribution in [1.29, 1.82) is 0 Å². The summed E-state index contributed by atoms with van der Waals surface area (Å²) in [5.74, 6) is 0.347. The summed E-state index contributed by atoms with van der Waals surface area (Å²) in [5, 5.41) is 3.57. The van der Waals surface area contributed by atoms with E-state index in [-0.39, 0.29) is 11.4 Å². The average molecular weight is 259 g/mol. The second-order valence-corrected chi connectivity index (χ2v) is 5.77. The predicted octanol–water partition coefficient (Wildman–Crippen LogP) is 2.68. The largest absolute Gasteiger partial charge is 0.469 e. The number of esters is 1. The Morgan fingerprint density at radius 3 is 2.84 bits per heavy atom. The molecule has 1 saturated heterocycles. The summed E-state index contributed by atoms with van der Waals surface area (Å²) in [6.45, 7) is 0.754. The standard InChI is InChI=1S/C16H21NO2/c1-19-15(18)16-10-6-5-9-13(16)14(17-11-16)12-7-3-2-4-8-12/h2-4,7-8,13-14,17H,5-6,9-11H2,1H3. The number of hydrogen-bond acceptors (Lipinski definition) is 3. The van der Waals surface area contributed by atoms with Gasteiger partial charge in [-0.15, -0.1) is 0 Å². The quantitative estimate of drug-likeness (QED) is 0.830. The topological polar surface area (TPSA) is 38.3 Å². The van der Waals surface area contributed by atoms with Gasteiger partial charge in [-0.25, -0.2) is 0 Å². The number of benzene rings is 1. The lowest BCUT2D eigenvalue weighted by Gasteiger charge is -2.37. The first-order chi connectivity index (χ1) is 9.28. The summed E-state index contributed by atoms with van der Waals surface area (Å²) in [7, 11) is 1.51. The molecule has 102 valence electrons. The molecular weight excluding hydrogens is 238 g/mol. The van der Waals surface area contributed by atoms with Crippen LogP contribution in [0.4, 0.5) is 0 Å². The molecule has 1 aromatic carbocycles. The molecule has 2 aliphatic rings. The van der Waals surface area contributed by atoms with Gasteiger partial charge >= 0.3 is 5.97 Å². The van der Waals surface area contributed by atoms with E-state index >= 15 is 0 Å². The van der Waals surface area contributed by atoms with E-state index in [1.54, 1.807) is 0 Å². The molecule has 1 N–H and O–H groups in total. The maximum Gasteiger partial charge on any atom is 0.313 e. The normalized spacial score (nSPS) is 33.7. The van der Waals surface area contributed by atoms with Crippen molar-refractivity contribution in [3.8, 4) is 0 Å². The van der Waals surface area contributed by atoms with E-state index < -0.39 is 0 Å². The lowest BCUT2D eigenvalue weighted by Crippen LogP contribution is -2.42. The number of hydrogen-bond donors (Lipinski definition) is 1. The van der Waals surface area contributed by atoms with Crippen LogP contribution in [0.5, 0.6) is 0 Å². The molecule has 1 aromatic rings. The number of fused-ring (bicyclic) bond motifs is 1. The van der Waals surface area contributed by atoms with Crippen molar-refractivity contribution in [3.63, 3.8) is 0 Å². The van der Waals surface area contributed by atoms with Gasteiger partial charge in [0.15, 0.2) is 0 Å². The van der Waals surface area contributed by atoms with E-state index in [2.05, 4.69) is 29.6 Å². The molecule has 3 heteroatoms. The maximum atomic E-state index is 12.3. The van der Waals surface area contributed by atoms with Crippen molar-refractivity contribution in [2.75, 3.05) is 13.7 Å². The zero-order valence-corrected chi connectivity index (χ0v) is 11.4. The van der Waals surface area contributed by atoms with Crippen molar-refractivity contribution in [2.24, 2.45) is 11.3 Å². The van der Waals surface area contributed by atoms with Gasteiger partial charge < -0.3 is 10.1 Å². The van der Waals surface area contributed by atoms with Gasteiger partial charge in [0.25, 0.3) is 0 Å². The second-order valence-electron chi connectivity index (χ2n) is 5.77. The highest BCUT2D eigenvalue weighted by Gasteiger charge is 2.55. The number of carbonyl (C=O) groups excluding carboxylic acids is 1. The minimum atomic E-state index is -0.298. The van der Waals surface area contributed by atoms with Gasteiger partial charge in [0.05, 0.1) is 12.5 Å². The average Bonchev–Trinajstić information content (AvgIpc) is 2.88. The van der Waals surface area contributed by atoms with E-state index in [1.165, 1.54) is 19.1 Å². The van der Waals surface area contributed by atoms with Crippen LogP contribution >= 0.6 is 0 Å². The number of ether oxygens (including phenoxy) is 1. The monoisotopic (exact) mass is 259 g/mol. The summed E-state index contributed by atoms with van der Waals surface area (Å²) < 4.78 is 5.10. The Kier molecular flexibility index (Phi) is 3.31. The summed E-state index contributed by atoms with van der Waals surface area (Å²) in [6.07, 6.45) is 4.42. The first-order valence-electron chi connectivity index (χ1n) is 7.15. The molecule has 1 saturated carbocycles. The lowest BCUT2D eigenvalue weighted by atomic mass is 9.65. The van der Waals surface area contributed by atoms with Crippen LogP contribution in [0.15, 0.2) is 30.3 Å². The minimum absolute atomic E-state index is 0.0249. The second kappa shape index (κ2) is 4.97. The SMILES string of the molecule is COC(=O)C12CCCCC1C(c1ccccc1)NC2. The van der Waals surface area contributed by atoms with Crippen LogP contribution in [0.3, 0.4) is 0 Å². The first kappa shape index (κ1) is 12.7. The molecule has 0 amide bonds. The Hall–Kier alpha value is -1.35. The molecule has 1 aliphatic heterocycles. The fraction of sp³-hybridized carbons (Fsp3) is 0.562. The Morgan fingerprint density at radius 1 is 1.32 bits per heavy atom. The Balaban J connectivity index is 1.93. The van der Waals surface area contributed by atoms with Crippen LogP contribution < -0.4 is 5.32 Å². The van der Waals surface area contributed by atoms with Crippen molar-refractivity contribution in [1.82, 2.24) is 5.32 Å². The van der Waals surface area contributed by atoms with Gasteiger partial charge in [-0.2, -0.15) is 0 Å². The molecular formula is C16H21NO2. The van der Waals surface area contributed by atoms with Gasteiger partial charge in [-0.3, -0.25) is 4.79 Å². The molecule has 2 fully saturated rings. The highest BCUT2D eigenvalue weighted by molar-refractivity contribution is 5.78. The van der Waals surface area contributed by atoms with E-state index in [4.69, 9.17) is 4.74 Å². The molecule has 0 aromatic heterocycles. The third-order valence-electron chi connectivity index (χ3n) is 4.89. The summed E-state index contributed by atoms with van der Waals surface area (Å²) in [4.78, 5) is 12.3. The zero-order valence-electron chi connectivity index (χ0n) is 11.4. The molecule has 3 unspecified atom stereocenters. The van der Waals surface area contributed by atoms with Crippen LogP contribution in [0.1, 0.15) is 37.3 Å². The van der Waals surface area contributed by atoms with E-state index in [9.17, 15) is 4.79 Å². The van der Waals surface area contributed by atoms with E-state index in [0.29, 0.717) is 12.0 Å². The van der Waals surface area contributed by atoms with Crippen molar-refractivity contribution in [2.45, 2.75) is 31.7 Å². The van der Waals surface area contributed by atoms with Crippen LogP contribution in [-0.4, -0.2) is 19.6 Å². The van der Waals surface area contributed by atoms with Crippen molar-refractivity contribution >= 4 is 5.97 Å². The minimum Gasteiger partial charge on any atom is -0.469 e. The smallest absolute Gasteiger partial charge is 0.313 e. The molecule has 0 bridgehead atoms. The fourth-order valence-corrected chi connectivity index (χ4v) is 3.95. The van der Waals surface area contributed by atoms with Gasteiger partial charge in [-0.1, -0.05) is 43.2 Å². The number of methoxy groups -OCH3 is 1. The third-order valence-corrected chi connectivity index (χ3v) is 4.89. The molecule has 1 heterocycles. The highest BCUT2D eigenvalue weighted by Crippen LogP contribution is 2.51. The number of carbonyl (C=O) groups is 1. The molecule has 3 rings (SSSR count). The van der Waals surface area contributed by atoms with Gasteiger partial charge in [-0.05, 0) is 24.3 Å². The summed E-state index contributed by atoms with van der Waals surface area (Å²) in [6, 6.07) is 10.8. The Bertz CT molecular complexity index is 459. The van der Waals surface area contributed by atoms with E-state index in [0.717, 1.165) is 25.8 Å². The van der Waals surface area contributed by atoms with Crippen LogP contribution in [0.25, 0.3) is 0 Å². The van der Waals surface area contributed by atoms with Gasteiger partial charge in [0.2, 0.25) is 0 Å². The predicted molar refractivity (Wildman–Crippen MR) is 73.6 cm³/mol. The van der Waals surface area contributed by atoms with Crippen LogP contribution in [0, 0.1) is 11.3 Å². The van der Waals surface area contributed by atoms with E-state index in [1.807, 2.05) is 6.07 Å². The number of nitrogens with one attached hydrogen (secondary N) is 1. The van der Waals surface area contributed by atoms with Gasteiger partial charge in [0, 0.05) is 12.6 Å². The number of rotatable bonds is 2. The third kappa shape index (κ3) is 1.96. The van der Waals surface area contributed by atoms with Crippen LogP contribution in [-0.2, 0) is 9.53 Å². The molecule has 3 nitrogen and oxygen atoms in total. The van der Waals surface area contributed by atoms with Crippen LogP contribution in [0.2, 0.25) is 0 Å². The van der Waals surface area contributed by atoms with Gasteiger partial charge in [0.1, 0.15) is 0 Å². The highest BCUT2D eigenvalue weighted by atomic mass is 16.5. The Morgan fingerprint density at radius 2 is 2.11 bits per heavy atom. The maximum absolute atomic E-state index is 12.3. The molecule has 3 atom stereocenters. The van der Waals surface area contributed by atoms with Crippen molar-refractivity contribution in [3.05, 3.63) is 35.9 Å². The Labute approximate surface area is 114 Å². The lowest BCUT2D eigenvalue weighted by molar-refractivity contribution is -0.156. The molecule has 0 spiro atoms. The molecule has 19 heavy (non-hydrogen) atoms. The van der Waals surface area contributed by atoms with Crippen molar-refractivity contribution < 1.29 is 9.53 Å².